The van der Waals surface area contributed by atoms with Crippen LogP contribution < -0.4 is 21.7 Å². The second kappa shape index (κ2) is 15.8. The van der Waals surface area contributed by atoms with Crippen LogP contribution in [0.2, 0.25) is 0 Å². The summed E-state index contributed by atoms with van der Waals surface area (Å²) in [5, 5.41) is 17.8. The van der Waals surface area contributed by atoms with Gasteiger partial charge >= 0.3 is 5.97 Å². The van der Waals surface area contributed by atoms with Crippen LogP contribution in [-0.4, -0.2) is 65.0 Å². The summed E-state index contributed by atoms with van der Waals surface area (Å²) >= 11 is 1.57. The molecular formula is C28H38N4O5S. The molecule has 38 heavy (non-hydrogen) atoms. The lowest BCUT2D eigenvalue weighted by Crippen LogP contribution is -2.59. The molecule has 0 aromatic heterocycles. The van der Waals surface area contributed by atoms with Gasteiger partial charge in [0.25, 0.3) is 0 Å². The minimum absolute atomic E-state index is 0.0898. The summed E-state index contributed by atoms with van der Waals surface area (Å²) in [6.45, 7) is 3.56. The fourth-order valence-corrected chi connectivity index (χ4v) is 4.30. The number of hydrogen-bond donors (Lipinski definition) is 5. The molecular weight excluding hydrogens is 504 g/mol. The number of carbonyl (C=O) groups is 4. The molecule has 0 heterocycles. The second-order valence-electron chi connectivity index (χ2n) is 9.46. The zero-order valence-corrected chi connectivity index (χ0v) is 22.9. The van der Waals surface area contributed by atoms with Crippen LogP contribution in [-0.2, 0) is 32.0 Å². The van der Waals surface area contributed by atoms with E-state index in [4.69, 9.17) is 5.73 Å². The van der Waals surface area contributed by atoms with Gasteiger partial charge in [-0.15, -0.1) is 0 Å². The van der Waals surface area contributed by atoms with Crippen LogP contribution in [0.1, 0.15) is 31.4 Å². The number of hydrogen-bond acceptors (Lipinski definition) is 6. The van der Waals surface area contributed by atoms with Crippen LogP contribution in [0.4, 0.5) is 0 Å². The average molecular weight is 543 g/mol. The van der Waals surface area contributed by atoms with Gasteiger partial charge in [0.15, 0.2) is 0 Å². The fourth-order valence-electron chi connectivity index (χ4n) is 3.81. The van der Waals surface area contributed by atoms with Gasteiger partial charge in [0.2, 0.25) is 17.7 Å². The van der Waals surface area contributed by atoms with E-state index in [0.717, 1.165) is 11.1 Å². The maximum Gasteiger partial charge on any atom is 0.326 e. The number of nitrogens with two attached hydrogens (primary N) is 1. The van der Waals surface area contributed by atoms with E-state index in [9.17, 15) is 24.3 Å². The molecule has 0 saturated heterocycles. The van der Waals surface area contributed by atoms with Crippen molar-refractivity contribution in [2.24, 2.45) is 11.7 Å². The molecule has 4 atom stereocenters. The smallest absolute Gasteiger partial charge is 0.326 e. The Balaban J connectivity index is 2.20. The maximum absolute atomic E-state index is 13.3. The van der Waals surface area contributed by atoms with Crippen molar-refractivity contribution in [1.29, 1.82) is 0 Å². The SMILES string of the molecule is CSCCC(N)C(=O)NC(C(=O)NC(Cc1ccccc1)C(=O)NC(Cc1ccccc1)C(=O)O)C(C)C. The van der Waals surface area contributed by atoms with E-state index in [2.05, 4.69) is 16.0 Å². The van der Waals surface area contributed by atoms with Crippen molar-refractivity contribution >= 4 is 35.5 Å². The molecule has 2 aromatic carbocycles. The van der Waals surface area contributed by atoms with E-state index < -0.39 is 47.9 Å². The van der Waals surface area contributed by atoms with Crippen molar-refractivity contribution in [3.05, 3.63) is 71.8 Å². The Morgan fingerprint density at radius 3 is 1.76 bits per heavy atom. The van der Waals surface area contributed by atoms with Gasteiger partial charge in [0.05, 0.1) is 6.04 Å². The Bertz CT molecular complexity index is 1050. The molecule has 0 radical (unpaired) electrons. The summed E-state index contributed by atoms with van der Waals surface area (Å²) in [6.07, 6.45) is 2.62. The Morgan fingerprint density at radius 2 is 1.29 bits per heavy atom. The molecule has 2 aromatic rings. The highest BCUT2D eigenvalue weighted by Gasteiger charge is 2.32. The topological polar surface area (TPSA) is 151 Å². The number of aliphatic carboxylic acids is 1. The molecule has 2 rings (SSSR count). The minimum Gasteiger partial charge on any atom is -0.480 e. The lowest BCUT2D eigenvalue weighted by Gasteiger charge is -2.27. The highest BCUT2D eigenvalue weighted by Crippen LogP contribution is 2.09. The number of thioether (sulfide) groups is 1. The van der Waals surface area contributed by atoms with Crippen LogP contribution in [0, 0.1) is 5.92 Å². The maximum atomic E-state index is 13.3. The predicted octanol–water partition coefficient (Wildman–Crippen LogP) is 1.75. The van der Waals surface area contributed by atoms with Gasteiger partial charge in [-0.05, 0) is 35.5 Å². The number of carboxylic acids is 1. The first-order valence-corrected chi connectivity index (χ1v) is 14.0. The largest absolute Gasteiger partial charge is 0.480 e. The monoisotopic (exact) mass is 542 g/mol. The van der Waals surface area contributed by atoms with Gasteiger partial charge in [-0.1, -0.05) is 74.5 Å². The minimum atomic E-state index is -1.19. The van der Waals surface area contributed by atoms with Crippen LogP contribution in [0.5, 0.6) is 0 Å². The van der Waals surface area contributed by atoms with E-state index in [1.54, 1.807) is 49.9 Å². The van der Waals surface area contributed by atoms with E-state index in [0.29, 0.717) is 12.2 Å². The number of amides is 3. The zero-order valence-electron chi connectivity index (χ0n) is 22.1. The summed E-state index contributed by atoms with van der Waals surface area (Å²) in [7, 11) is 0. The van der Waals surface area contributed by atoms with Crippen molar-refractivity contribution in [2.45, 2.75) is 57.3 Å². The van der Waals surface area contributed by atoms with Crippen LogP contribution in [0.15, 0.2) is 60.7 Å². The summed E-state index contributed by atoms with van der Waals surface area (Å²) < 4.78 is 0. The second-order valence-corrected chi connectivity index (χ2v) is 10.4. The highest BCUT2D eigenvalue weighted by molar-refractivity contribution is 7.98. The van der Waals surface area contributed by atoms with Crippen molar-refractivity contribution in [1.82, 2.24) is 16.0 Å². The van der Waals surface area contributed by atoms with Gasteiger partial charge in [0.1, 0.15) is 18.1 Å². The van der Waals surface area contributed by atoms with E-state index >= 15 is 0 Å². The molecule has 0 aliphatic heterocycles. The molecule has 10 heteroatoms. The van der Waals surface area contributed by atoms with E-state index in [1.807, 2.05) is 42.7 Å². The number of carbonyl (C=O) groups excluding carboxylic acids is 3. The highest BCUT2D eigenvalue weighted by atomic mass is 32.2. The van der Waals surface area contributed by atoms with Crippen molar-refractivity contribution in [2.75, 3.05) is 12.0 Å². The van der Waals surface area contributed by atoms with Gasteiger partial charge in [-0.2, -0.15) is 11.8 Å². The summed E-state index contributed by atoms with van der Waals surface area (Å²) in [5.41, 5.74) is 7.51. The first-order chi connectivity index (χ1) is 18.1. The van der Waals surface area contributed by atoms with E-state index in [1.165, 1.54) is 0 Å². The van der Waals surface area contributed by atoms with Gasteiger partial charge in [-0.25, -0.2) is 4.79 Å². The standard InChI is InChI=1S/C28H38N4O5S/c1-18(2)24(32-25(33)21(29)14-15-38-3)27(35)30-22(16-19-10-6-4-7-11-19)26(34)31-23(28(36)37)17-20-12-8-5-9-13-20/h4-13,18,21-24H,14-17,29H2,1-3H3,(H,30,35)(H,31,34)(H,32,33)(H,36,37). The lowest BCUT2D eigenvalue weighted by molar-refractivity contribution is -0.142. The number of nitrogens with one attached hydrogen (secondary N) is 3. The van der Waals surface area contributed by atoms with E-state index in [-0.39, 0.29) is 18.8 Å². The third kappa shape index (κ3) is 10.2. The van der Waals surface area contributed by atoms with Crippen molar-refractivity contribution < 1.29 is 24.3 Å². The zero-order chi connectivity index (χ0) is 28.1. The van der Waals surface area contributed by atoms with Gasteiger partial charge in [0, 0.05) is 12.8 Å². The molecule has 9 nitrogen and oxygen atoms in total. The molecule has 0 aliphatic carbocycles. The quantitative estimate of drug-likeness (QED) is 0.230. The third-order valence-electron chi connectivity index (χ3n) is 6.03. The Kier molecular flexibility index (Phi) is 12.8. The molecule has 206 valence electrons. The number of rotatable bonds is 15. The number of benzene rings is 2. The Labute approximate surface area is 228 Å². The molecule has 0 spiro atoms. The number of carboxylic acid groups (broad SMARTS) is 1. The molecule has 6 N–H and O–H groups in total. The van der Waals surface area contributed by atoms with Crippen LogP contribution in [0.3, 0.4) is 0 Å². The Morgan fingerprint density at radius 1 is 0.789 bits per heavy atom. The summed E-state index contributed by atoms with van der Waals surface area (Å²) in [5.74, 6) is -2.37. The third-order valence-corrected chi connectivity index (χ3v) is 6.67. The Hall–Kier alpha value is -3.37. The van der Waals surface area contributed by atoms with Crippen LogP contribution in [0.25, 0.3) is 0 Å². The molecule has 0 saturated carbocycles. The van der Waals surface area contributed by atoms with Gasteiger partial charge < -0.3 is 26.8 Å². The normalized spacial score (nSPS) is 14.1. The summed E-state index contributed by atoms with van der Waals surface area (Å²) in [6, 6.07) is 14.1. The first kappa shape index (κ1) is 30.9. The predicted molar refractivity (Wildman–Crippen MR) is 150 cm³/mol. The molecule has 0 fully saturated rings. The lowest BCUT2D eigenvalue weighted by atomic mass is 10.00. The van der Waals surface area contributed by atoms with Crippen LogP contribution >= 0.6 is 11.8 Å². The molecule has 4 unspecified atom stereocenters. The fraction of sp³-hybridized carbons (Fsp3) is 0.429. The molecule has 3 amide bonds. The molecule has 0 bridgehead atoms. The first-order valence-electron chi connectivity index (χ1n) is 12.6. The molecule has 0 aliphatic rings. The summed E-state index contributed by atoms with van der Waals surface area (Å²) in [4.78, 5) is 51.2. The van der Waals surface area contributed by atoms with Crippen molar-refractivity contribution in [3.8, 4) is 0 Å². The average Bonchev–Trinajstić information content (AvgIpc) is 2.90. The van der Waals surface area contributed by atoms with Crippen molar-refractivity contribution in [3.63, 3.8) is 0 Å². The van der Waals surface area contributed by atoms with Gasteiger partial charge in [-0.3, -0.25) is 14.4 Å².